The summed E-state index contributed by atoms with van der Waals surface area (Å²) in [4.78, 5) is 11.9. The lowest BCUT2D eigenvalue weighted by atomic mass is 9.75. The Morgan fingerprint density at radius 2 is 2.12 bits per heavy atom. The Morgan fingerprint density at radius 3 is 2.56 bits per heavy atom. The Hall–Kier alpha value is -0.570. The molecule has 0 radical (unpaired) electrons. The van der Waals surface area contributed by atoms with Gasteiger partial charge in [-0.2, -0.15) is 0 Å². The van der Waals surface area contributed by atoms with Crippen LogP contribution in [0.15, 0.2) is 0 Å². The second kappa shape index (κ2) is 4.36. The van der Waals surface area contributed by atoms with Crippen LogP contribution in [-0.2, 0) is 9.53 Å². The highest BCUT2D eigenvalue weighted by atomic mass is 16.5. The molecular formula is C13H22O3. The average molecular weight is 226 g/mol. The SMILES string of the molecule is CCOC(=O)C(O)(CC)C1CC2CCC1C2. The van der Waals surface area contributed by atoms with Crippen LogP contribution < -0.4 is 0 Å². The lowest BCUT2D eigenvalue weighted by Crippen LogP contribution is -2.48. The Bertz CT molecular complexity index is 276. The number of fused-ring (bicyclic) bond motifs is 2. The third-order valence-corrected chi connectivity index (χ3v) is 4.52. The monoisotopic (exact) mass is 226 g/mol. The Kier molecular flexibility index (Phi) is 3.24. The third kappa shape index (κ3) is 1.75. The summed E-state index contributed by atoms with van der Waals surface area (Å²) in [5, 5.41) is 10.6. The van der Waals surface area contributed by atoms with E-state index in [0.717, 1.165) is 12.3 Å². The molecule has 3 nitrogen and oxygen atoms in total. The van der Waals surface area contributed by atoms with Crippen molar-refractivity contribution in [1.82, 2.24) is 0 Å². The molecule has 0 spiro atoms. The summed E-state index contributed by atoms with van der Waals surface area (Å²) in [6.07, 6.45) is 5.14. The van der Waals surface area contributed by atoms with Crippen molar-refractivity contribution in [2.45, 2.75) is 51.6 Å². The van der Waals surface area contributed by atoms with Gasteiger partial charge in [0.1, 0.15) is 0 Å². The van der Waals surface area contributed by atoms with Crippen LogP contribution in [0.25, 0.3) is 0 Å². The van der Waals surface area contributed by atoms with Crippen molar-refractivity contribution in [3.8, 4) is 0 Å². The predicted octanol–water partition coefficient (Wildman–Crippen LogP) is 2.13. The van der Waals surface area contributed by atoms with Gasteiger partial charge in [-0.1, -0.05) is 13.3 Å². The number of hydrogen-bond donors (Lipinski definition) is 1. The number of carbonyl (C=O) groups excluding carboxylic acids is 1. The van der Waals surface area contributed by atoms with Crippen LogP contribution >= 0.6 is 0 Å². The van der Waals surface area contributed by atoms with E-state index in [-0.39, 0.29) is 5.92 Å². The van der Waals surface area contributed by atoms with Gasteiger partial charge in [0.05, 0.1) is 6.61 Å². The minimum atomic E-state index is -1.23. The molecule has 0 aromatic rings. The van der Waals surface area contributed by atoms with E-state index in [0.29, 0.717) is 18.9 Å². The van der Waals surface area contributed by atoms with Crippen LogP contribution in [0, 0.1) is 17.8 Å². The van der Waals surface area contributed by atoms with Gasteiger partial charge in [-0.3, -0.25) is 0 Å². The van der Waals surface area contributed by atoms with Crippen LogP contribution in [0.1, 0.15) is 46.0 Å². The molecule has 2 rings (SSSR count). The minimum Gasteiger partial charge on any atom is -0.464 e. The third-order valence-electron chi connectivity index (χ3n) is 4.52. The molecule has 2 aliphatic carbocycles. The molecule has 16 heavy (non-hydrogen) atoms. The van der Waals surface area contributed by atoms with E-state index in [4.69, 9.17) is 4.74 Å². The van der Waals surface area contributed by atoms with E-state index >= 15 is 0 Å². The molecule has 2 fully saturated rings. The van der Waals surface area contributed by atoms with E-state index in [2.05, 4.69) is 0 Å². The number of esters is 1. The molecule has 4 unspecified atom stereocenters. The fraction of sp³-hybridized carbons (Fsp3) is 0.923. The standard InChI is InChI=1S/C13H22O3/c1-3-13(15,12(14)16-4-2)11-8-9-5-6-10(11)7-9/h9-11,15H,3-8H2,1-2H3. The van der Waals surface area contributed by atoms with E-state index in [1.165, 1.54) is 19.3 Å². The van der Waals surface area contributed by atoms with E-state index in [9.17, 15) is 9.90 Å². The van der Waals surface area contributed by atoms with Gasteiger partial charge in [0.2, 0.25) is 0 Å². The molecule has 1 N–H and O–H groups in total. The fourth-order valence-electron chi connectivity index (χ4n) is 3.64. The molecular weight excluding hydrogens is 204 g/mol. The summed E-state index contributed by atoms with van der Waals surface area (Å²) in [6, 6.07) is 0. The first-order chi connectivity index (χ1) is 7.61. The first kappa shape index (κ1) is 11.9. The summed E-state index contributed by atoms with van der Waals surface area (Å²) in [5.41, 5.74) is -1.23. The number of carbonyl (C=O) groups is 1. The summed E-state index contributed by atoms with van der Waals surface area (Å²) in [6.45, 7) is 4.01. The first-order valence-corrected chi connectivity index (χ1v) is 6.51. The zero-order valence-electron chi connectivity index (χ0n) is 10.2. The van der Waals surface area contributed by atoms with Crippen LogP contribution in [-0.4, -0.2) is 23.3 Å². The lowest BCUT2D eigenvalue weighted by molar-refractivity contribution is -0.174. The van der Waals surface area contributed by atoms with Crippen LogP contribution in [0.4, 0.5) is 0 Å². The van der Waals surface area contributed by atoms with Crippen molar-refractivity contribution in [2.24, 2.45) is 17.8 Å². The van der Waals surface area contributed by atoms with Crippen LogP contribution in [0.3, 0.4) is 0 Å². The zero-order chi connectivity index (χ0) is 11.8. The zero-order valence-corrected chi connectivity index (χ0v) is 10.2. The van der Waals surface area contributed by atoms with E-state index in [1.807, 2.05) is 6.92 Å². The van der Waals surface area contributed by atoms with Gasteiger partial charge in [-0.05, 0) is 44.4 Å². The smallest absolute Gasteiger partial charge is 0.338 e. The van der Waals surface area contributed by atoms with Gasteiger partial charge >= 0.3 is 5.97 Å². The second-order valence-electron chi connectivity index (χ2n) is 5.28. The summed E-state index contributed by atoms with van der Waals surface area (Å²) in [7, 11) is 0. The molecule has 4 atom stereocenters. The molecule has 0 amide bonds. The highest BCUT2D eigenvalue weighted by molar-refractivity contribution is 5.79. The van der Waals surface area contributed by atoms with Crippen molar-refractivity contribution in [3.63, 3.8) is 0 Å². The van der Waals surface area contributed by atoms with Gasteiger partial charge in [0.25, 0.3) is 0 Å². The largest absolute Gasteiger partial charge is 0.464 e. The first-order valence-electron chi connectivity index (χ1n) is 6.51. The quantitative estimate of drug-likeness (QED) is 0.747. The van der Waals surface area contributed by atoms with Gasteiger partial charge in [-0.15, -0.1) is 0 Å². The Labute approximate surface area is 97.2 Å². The average Bonchev–Trinajstić information content (AvgIpc) is 2.90. The van der Waals surface area contributed by atoms with Gasteiger partial charge in [0.15, 0.2) is 5.60 Å². The molecule has 92 valence electrons. The molecule has 2 bridgehead atoms. The molecule has 3 heteroatoms. The van der Waals surface area contributed by atoms with Gasteiger partial charge in [0, 0.05) is 5.92 Å². The van der Waals surface area contributed by atoms with E-state index < -0.39 is 11.6 Å². The molecule has 0 aromatic heterocycles. The summed E-state index contributed by atoms with van der Waals surface area (Å²) < 4.78 is 5.03. The summed E-state index contributed by atoms with van der Waals surface area (Å²) >= 11 is 0. The highest BCUT2D eigenvalue weighted by Gasteiger charge is 2.53. The molecule has 2 aliphatic rings. The second-order valence-corrected chi connectivity index (χ2v) is 5.28. The van der Waals surface area contributed by atoms with Crippen molar-refractivity contribution in [2.75, 3.05) is 6.61 Å². The highest BCUT2D eigenvalue weighted by Crippen LogP contribution is 2.53. The molecule has 0 saturated heterocycles. The molecule has 0 aromatic carbocycles. The van der Waals surface area contributed by atoms with Gasteiger partial charge in [-0.25, -0.2) is 4.79 Å². The van der Waals surface area contributed by atoms with Crippen molar-refractivity contribution in [3.05, 3.63) is 0 Å². The fourth-order valence-corrected chi connectivity index (χ4v) is 3.64. The maximum absolute atomic E-state index is 11.9. The number of aliphatic hydroxyl groups is 1. The van der Waals surface area contributed by atoms with Crippen molar-refractivity contribution >= 4 is 5.97 Å². The Balaban J connectivity index is 2.11. The molecule has 0 aliphatic heterocycles. The van der Waals surface area contributed by atoms with Crippen LogP contribution in [0.2, 0.25) is 0 Å². The lowest BCUT2D eigenvalue weighted by Gasteiger charge is -2.35. The maximum atomic E-state index is 11.9. The van der Waals surface area contributed by atoms with E-state index in [1.54, 1.807) is 6.92 Å². The maximum Gasteiger partial charge on any atom is 0.338 e. The number of ether oxygens (including phenoxy) is 1. The summed E-state index contributed by atoms with van der Waals surface area (Å²) in [5.74, 6) is 1.01. The van der Waals surface area contributed by atoms with Gasteiger partial charge < -0.3 is 9.84 Å². The number of rotatable bonds is 4. The number of hydrogen-bond acceptors (Lipinski definition) is 3. The van der Waals surface area contributed by atoms with Crippen LogP contribution in [0.5, 0.6) is 0 Å². The predicted molar refractivity (Wildman–Crippen MR) is 60.8 cm³/mol. The molecule has 2 saturated carbocycles. The topological polar surface area (TPSA) is 46.5 Å². The minimum absolute atomic E-state index is 0.135. The molecule has 0 heterocycles. The van der Waals surface area contributed by atoms with Crippen molar-refractivity contribution in [1.29, 1.82) is 0 Å². The normalized spacial score (nSPS) is 36.1. The Morgan fingerprint density at radius 1 is 1.38 bits per heavy atom. The van der Waals surface area contributed by atoms with Crippen molar-refractivity contribution < 1.29 is 14.6 Å².